The van der Waals surface area contributed by atoms with E-state index in [1.54, 1.807) is 34.9 Å². The van der Waals surface area contributed by atoms with E-state index in [0.29, 0.717) is 5.65 Å². The van der Waals surface area contributed by atoms with E-state index < -0.39 is 10.0 Å². The van der Waals surface area contributed by atoms with Gasteiger partial charge in [-0.25, -0.2) is 13.1 Å². The Kier molecular flexibility index (Phi) is 2.90. The first-order valence-electron chi connectivity index (χ1n) is 7.08. The first kappa shape index (κ1) is 13.3. The molecule has 1 aliphatic carbocycles. The average molecular weight is 314 g/mol. The van der Waals surface area contributed by atoms with E-state index in [4.69, 9.17) is 0 Å². The molecule has 2 heterocycles. The van der Waals surface area contributed by atoms with Crippen LogP contribution in [0.2, 0.25) is 0 Å². The van der Waals surface area contributed by atoms with Gasteiger partial charge < -0.3 is 0 Å². The summed E-state index contributed by atoms with van der Waals surface area (Å²) in [4.78, 5) is 0.265. The van der Waals surface area contributed by atoms with Gasteiger partial charge in [-0.2, -0.15) is 0 Å². The summed E-state index contributed by atoms with van der Waals surface area (Å²) in [5.41, 5.74) is 2.95. The van der Waals surface area contributed by atoms with Gasteiger partial charge >= 0.3 is 0 Å². The van der Waals surface area contributed by atoms with Gasteiger partial charge in [0.25, 0.3) is 10.0 Å². The van der Waals surface area contributed by atoms with Gasteiger partial charge in [-0.3, -0.25) is 4.40 Å². The van der Waals surface area contributed by atoms with Gasteiger partial charge in [-0.15, -0.1) is 10.2 Å². The highest BCUT2D eigenvalue weighted by Gasteiger charge is 2.20. The Morgan fingerprint density at radius 1 is 1.05 bits per heavy atom. The number of pyridine rings is 1. The van der Waals surface area contributed by atoms with E-state index in [9.17, 15) is 8.42 Å². The second-order valence-electron chi connectivity index (χ2n) is 5.34. The van der Waals surface area contributed by atoms with Crippen LogP contribution in [0.15, 0.2) is 47.5 Å². The van der Waals surface area contributed by atoms with Gasteiger partial charge in [0.15, 0.2) is 5.65 Å². The predicted octanol–water partition coefficient (Wildman–Crippen LogP) is 2.02. The zero-order chi connectivity index (χ0) is 15.2. The third-order valence-corrected chi connectivity index (χ3v) is 5.25. The first-order chi connectivity index (χ1) is 10.6. The summed E-state index contributed by atoms with van der Waals surface area (Å²) >= 11 is 0. The van der Waals surface area contributed by atoms with E-state index in [-0.39, 0.29) is 10.8 Å². The number of nitrogens with zero attached hydrogens (tertiary/aromatic N) is 3. The highest BCUT2D eigenvalue weighted by Crippen LogP contribution is 2.25. The molecular formula is C15H14N4O2S. The van der Waals surface area contributed by atoms with Gasteiger partial charge in [0, 0.05) is 6.20 Å². The molecule has 0 atom stereocenters. The molecule has 0 fully saturated rings. The van der Waals surface area contributed by atoms with Crippen molar-refractivity contribution in [3.8, 4) is 0 Å². The van der Waals surface area contributed by atoms with Crippen molar-refractivity contribution in [3.63, 3.8) is 0 Å². The van der Waals surface area contributed by atoms with E-state index in [0.717, 1.165) is 24.8 Å². The zero-order valence-electron chi connectivity index (χ0n) is 11.7. The Morgan fingerprint density at radius 3 is 2.82 bits per heavy atom. The fourth-order valence-corrected chi connectivity index (χ4v) is 3.85. The normalized spacial score (nSPS) is 14.2. The molecule has 6 nitrogen and oxygen atoms in total. The fraction of sp³-hybridized carbons (Fsp3) is 0.200. The largest absolute Gasteiger partial charge is 0.268 e. The third-order valence-electron chi connectivity index (χ3n) is 3.92. The van der Waals surface area contributed by atoms with Crippen LogP contribution in [-0.2, 0) is 22.9 Å². The maximum Gasteiger partial charge on any atom is 0.264 e. The fourth-order valence-electron chi connectivity index (χ4n) is 2.81. The monoisotopic (exact) mass is 314 g/mol. The second-order valence-corrected chi connectivity index (χ2v) is 7.02. The molecule has 0 saturated carbocycles. The van der Waals surface area contributed by atoms with Gasteiger partial charge in [0.1, 0.15) is 0 Å². The highest BCUT2D eigenvalue weighted by molar-refractivity contribution is 7.92. The van der Waals surface area contributed by atoms with Crippen molar-refractivity contribution in [1.29, 1.82) is 0 Å². The highest BCUT2D eigenvalue weighted by atomic mass is 32.2. The molecule has 0 unspecified atom stereocenters. The van der Waals surface area contributed by atoms with Crippen LogP contribution in [0.5, 0.6) is 0 Å². The Balaban J connectivity index is 1.72. The van der Waals surface area contributed by atoms with Crippen LogP contribution in [0.1, 0.15) is 17.5 Å². The molecule has 1 N–H and O–H groups in total. The SMILES string of the molecule is O=S(=O)(Nc1nnc2ccccn12)c1ccc2c(c1)CCC2. The predicted molar refractivity (Wildman–Crippen MR) is 82.3 cm³/mol. The molecule has 2 aromatic heterocycles. The van der Waals surface area contributed by atoms with E-state index in [1.807, 2.05) is 12.1 Å². The lowest BCUT2D eigenvalue weighted by molar-refractivity contribution is 0.600. The summed E-state index contributed by atoms with van der Waals surface area (Å²) in [6.07, 6.45) is 4.77. The molecule has 7 heteroatoms. The lowest BCUT2D eigenvalue weighted by Crippen LogP contribution is -2.15. The molecule has 0 aliphatic heterocycles. The van der Waals surface area contributed by atoms with E-state index >= 15 is 0 Å². The molecule has 0 radical (unpaired) electrons. The summed E-state index contributed by atoms with van der Waals surface area (Å²) in [6, 6.07) is 10.7. The summed E-state index contributed by atoms with van der Waals surface area (Å²) in [5, 5.41) is 7.84. The van der Waals surface area contributed by atoms with Crippen LogP contribution in [0.3, 0.4) is 0 Å². The van der Waals surface area contributed by atoms with Crippen LogP contribution < -0.4 is 4.72 Å². The Hall–Kier alpha value is -2.41. The standard InChI is InChI=1S/C15H14N4O2S/c20-22(21,13-8-7-11-4-3-5-12(11)10-13)18-15-17-16-14-6-1-2-9-19(14)15/h1-2,6-10H,3-5H2,(H,17,18). The van der Waals surface area contributed by atoms with Gasteiger partial charge in [-0.1, -0.05) is 12.1 Å². The molecule has 0 saturated heterocycles. The first-order valence-corrected chi connectivity index (χ1v) is 8.56. The van der Waals surface area contributed by atoms with E-state index in [2.05, 4.69) is 14.9 Å². The van der Waals surface area contributed by atoms with Crippen molar-refractivity contribution in [1.82, 2.24) is 14.6 Å². The van der Waals surface area contributed by atoms with E-state index in [1.165, 1.54) is 5.56 Å². The van der Waals surface area contributed by atoms with Crippen LogP contribution >= 0.6 is 0 Å². The van der Waals surface area contributed by atoms with Crippen LogP contribution in [0.25, 0.3) is 5.65 Å². The van der Waals surface area contributed by atoms with Gasteiger partial charge in [0.2, 0.25) is 5.95 Å². The number of benzene rings is 1. The maximum atomic E-state index is 12.6. The summed E-state index contributed by atoms with van der Waals surface area (Å²) in [5.74, 6) is 0.191. The maximum absolute atomic E-state index is 12.6. The van der Waals surface area contributed by atoms with Gasteiger partial charge in [-0.05, 0) is 54.7 Å². The molecule has 0 amide bonds. The third kappa shape index (κ3) is 2.14. The Labute approximate surface area is 127 Å². The number of aromatic nitrogens is 3. The van der Waals surface area contributed by atoms with Crippen molar-refractivity contribution in [2.24, 2.45) is 0 Å². The van der Waals surface area contributed by atoms with Gasteiger partial charge in [0.05, 0.1) is 4.90 Å². The molecule has 0 bridgehead atoms. The Bertz CT molecular complexity index is 963. The molecule has 1 aromatic carbocycles. The number of hydrogen-bond acceptors (Lipinski definition) is 4. The molecule has 1 aliphatic rings. The number of aryl methyl sites for hydroxylation is 2. The molecule has 3 aromatic rings. The molecule has 22 heavy (non-hydrogen) atoms. The van der Waals surface area contributed by atoms with Crippen molar-refractivity contribution < 1.29 is 8.42 Å². The van der Waals surface area contributed by atoms with Crippen LogP contribution in [0, 0.1) is 0 Å². The molecule has 0 spiro atoms. The molecule has 4 rings (SSSR count). The van der Waals surface area contributed by atoms with Crippen molar-refractivity contribution in [2.45, 2.75) is 24.2 Å². The summed E-state index contributed by atoms with van der Waals surface area (Å²) < 4.78 is 29.2. The minimum atomic E-state index is -3.67. The number of rotatable bonds is 3. The lowest BCUT2D eigenvalue weighted by Gasteiger charge is -2.08. The smallest absolute Gasteiger partial charge is 0.264 e. The Morgan fingerprint density at radius 2 is 1.91 bits per heavy atom. The number of fused-ring (bicyclic) bond motifs is 2. The zero-order valence-corrected chi connectivity index (χ0v) is 12.5. The average Bonchev–Trinajstić information content (AvgIpc) is 3.13. The van der Waals surface area contributed by atoms with Crippen LogP contribution in [-0.4, -0.2) is 23.0 Å². The number of anilines is 1. The quantitative estimate of drug-likeness (QED) is 0.802. The van der Waals surface area contributed by atoms with Crippen molar-refractivity contribution in [3.05, 3.63) is 53.7 Å². The van der Waals surface area contributed by atoms with Crippen molar-refractivity contribution >= 4 is 21.6 Å². The number of sulfonamides is 1. The topological polar surface area (TPSA) is 76.4 Å². The summed E-state index contributed by atoms with van der Waals surface area (Å²) in [6.45, 7) is 0. The lowest BCUT2D eigenvalue weighted by atomic mass is 10.1. The minimum absolute atomic E-state index is 0.191. The molecular weight excluding hydrogens is 300 g/mol. The second kappa shape index (κ2) is 4.81. The summed E-state index contributed by atoms with van der Waals surface area (Å²) in [7, 11) is -3.67. The number of hydrogen-bond donors (Lipinski definition) is 1. The van der Waals surface area contributed by atoms with Crippen LogP contribution in [0.4, 0.5) is 5.95 Å². The van der Waals surface area contributed by atoms with Crippen molar-refractivity contribution in [2.75, 3.05) is 4.72 Å². The number of nitrogens with one attached hydrogen (secondary N) is 1. The minimum Gasteiger partial charge on any atom is -0.268 e. The molecule has 112 valence electrons.